The molecular formula is C15H20ClN3OS. The molecule has 2 rings (SSSR count). The normalized spacial score (nSPS) is 13.1. The van der Waals surface area contributed by atoms with E-state index in [1.54, 1.807) is 6.20 Å². The molecule has 4 nitrogen and oxygen atoms in total. The zero-order chi connectivity index (χ0) is 14.5. The van der Waals surface area contributed by atoms with Crippen molar-refractivity contribution in [1.82, 2.24) is 4.98 Å². The third-order valence-corrected chi connectivity index (χ3v) is 4.33. The van der Waals surface area contributed by atoms with E-state index in [4.69, 9.17) is 5.73 Å². The fraction of sp³-hybridized carbons (Fsp3) is 0.333. The van der Waals surface area contributed by atoms with Crippen LogP contribution in [-0.2, 0) is 11.2 Å². The highest BCUT2D eigenvalue weighted by Crippen LogP contribution is 2.23. The SMILES string of the molecule is CCc1cnc(NC(=O)C(C)C(N)c2ccccc2)s1.Cl. The minimum atomic E-state index is -0.318. The second-order valence-corrected chi connectivity index (χ2v) is 5.81. The van der Waals surface area contributed by atoms with Gasteiger partial charge in [0.15, 0.2) is 5.13 Å². The minimum Gasteiger partial charge on any atom is -0.323 e. The Bertz CT molecular complexity index is 573. The Morgan fingerprint density at radius 2 is 2.05 bits per heavy atom. The predicted octanol–water partition coefficient (Wildman–Crippen LogP) is 3.40. The quantitative estimate of drug-likeness (QED) is 0.885. The molecule has 21 heavy (non-hydrogen) atoms. The lowest BCUT2D eigenvalue weighted by Gasteiger charge is -2.19. The van der Waals surface area contributed by atoms with Gasteiger partial charge in [0.05, 0.1) is 5.92 Å². The molecule has 0 bridgehead atoms. The Morgan fingerprint density at radius 1 is 1.38 bits per heavy atom. The number of amides is 1. The Balaban J connectivity index is 0.00000220. The summed E-state index contributed by atoms with van der Waals surface area (Å²) < 4.78 is 0. The molecule has 0 saturated carbocycles. The van der Waals surface area contributed by atoms with E-state index in [0.29, 0.717) is 5.13 Å². The van der Waals surface area contributed by atoms with Crippen molar-refractivity contribution in [1.29, 1.82) is 0 Å². The molecule has 114 valence electrons. The minimum absolute atomic E-state index is 0. The number of nitrogens with one attached hydrogen (secondary N) is 1. The van der Waals surface area contributed by atoms with Crippen LogP contribution in [-0.4, -0.2) is 10.9 Å². The van der Waals surface area contributed by atoms with Gasteiger partial charge >= 0.3 is 0 Å². The van der Waals surface area contributed by atoms with E-state index < -0.39 is 0 Å². The number of carbonyl (C=O) groups is 1. The van der Waals surface area contributed by atoms with Crippen LogP contribution >= 0.6 is 23.7 Å². The number of hydrogen-bond acceptors (Lipinski definition) is 4. The van der Waals surface area contributed by atoms with Crippen LogP contribution in [0.15, 0.2) is 36.5 Å². The van der Waals surface area contributed by atoms with Gasteiger partial charge in [0.2, 0.25) is 5.91 Å². The molecule has 2 aromatic rings. The first kappa shape index (κ1) is 17.6. The summed E-state index contributed by atoms with van der Waals surface area (Å²) in [5.41, 5.74) is 7.11. The highest BCUT2D eigenvalue weighted by molar-refractivity contribution is 7.15. The second kappa shape index (κ2) is 8.12. The van der Waals surface area contributed by atoms with Crippen LogP contribution in [0.2, 0.25) is 0 Å². The van der Waals surface area contributed by atoms with E-state index in [1.807, 2.05) is 37.3 Å². The van der Waals surface area contributed by atoms with Gasteiger partial charge in [-0.05, 0) is 12.0 Å². The van der Waals surface area contributed by atoms with E-state index in [2.05, 4.69) is 17.2 Å². The number of halogens is 1. The third kappa shape index (κ3) is 4.52. The first-order chi connectivity index (χ1) is 9.61. The predicted molar refractivity (Wildman–Crippen MR) is 89.9 cm³/mol. The first-order valence-corrected chi connectivity index (χ1v) is 7.49. The average Bonchev–Trinajstić information content (AvgIpc) is 2.94. The number of hydrogen-bond donors (Lipinski definition) is 2. The summed E-state index contributed by atoms with van der Waals surface area (Å²) in [6, 6.07) is 9.34. The van der Waals surface area contributed by atoms with Gasteiger partial charge in [-0.1, -0.05) is 44.2 Å². The zero-order valence-electron chi connectivity index (χ0n) is 12.1. The maximum atomic E-state index is 12.2. The maximum absolute atomic E-state index is 12.2. The van der Waals surface area contributed by atoms with Crippen LogP contribution in [0.4, 0.5) is 5.13 Å². The number of carbonyl (C=O) groups excluding carboxylic acids is 1. The zero-order valence-corrected chi connectivity index (χ0v) is 13.7. The summed E-state index contributed by atoms with van der Waals surface area (Å²) in [6.07, 6.45) is 2.72. The maximum Gasteiger partial charge on any atom is 0.230 e. The van der Waals surface area contributed by atoms with Gasteiger partial charge in [-0.3, -0.25) is 4.79 Å². The van der Waals surface area contributed by atoms with Gasteiger partial charge < -0.3 is 11.1 Å². The third-order valence-electron chi connectivity index (χ3n) is 3.27. The van der Waals surface area contributed by atoms with Crippen molar-refractivity contribution in [3.8, 4) is 0 Å². The number of aromatic nitrogens is 1. The van der Waals surface area contributed by atoms with Crippen molar-refractivity contribution in [2.24, 2.45) is 11.7 Å². The fourth-order valence-corrected chi connectivity index (χ4v) is 2.63. The lowest BCUT2D eigenvalue weighted by Crippen LogP contribution is -2.30. The molecule has 0 aliphatic rings. The van der Waals surface area contributed by atoms with Crippen LogP contribution < -0.4 is 11.1 Å². The van der Waals surface area contributed by atoms with Gasteiger partial charge in [0.25, 0.3) is 0 Å². The van der Waals surface area contributed by atoms with Gasteiger partial charge in [-0.15, -0.1) is 23.7 Å². The van der Waals surface area contributed by atoms with Crippen molar-refractivity contribution < 1.29 is 4.79 Å². The summed E-state index contributed by atoms with van der Waals surface area (Å²) in [5.74, 6) is -0.412. The summed E-state index contributed by atoms with van der Waals surface area (Å²) in [6.45, 7) is 3.90. The van der Waals surface area contributed by atoms with E-state index in [0.717, 1.165) is 16.9 Å². The lowest BCUT2D eigenvalue weighted by molar-refractivity contribution is -0.120. The summed E-state index contributed by atoms with van der Waals surface area (Å²) in [7, 11) is 0. The molecular weight excluding hydrogens is 306 g/mol. The number of rotatable bonds is 5. The van der Waals surface area contributed by atoms with Crippen molar-refractivity contribution in [2.45, 2.75) is 26.3 Å². The largest absolute Gasteiger partial charge is 0.323 e. The first-order valence-electron chi connectivity index (χ1n) is 6.68. The fourth-order valence-electron chi connectivity index (χ4n) is 1.87. The molecule has 1 amide bonds. The average molecular weight is 326 g/mol. The van der Waals surface area contributed by atoms with Crippen LogP contribution in [0.3, 0.4) is 0 Å². The van der Waals surface area contributed by atoms with Crippen LogP contribution in [0, 0.1) is 5.92 Å². The number of aryl methyl sites for hydroxylation is 1. The smallest absolute Gasteiger partial charge is 0.230 e. The van der Waals surface area contributed by atoms with Crippen molar-refractivity contribution in [3.63, 3.8) is 0 Å². The monoisotopic (exact) mass is 325 g/mol. The Kier molecular flexibility index (Phi) is 6.81. The number of benzene rings is 1. The molecule has 0 spiro atoms. The molecule has 0 aliphatic heterocycles. The van der Waals surface area contributed by atoms with Crippen molar-refractivity contribution in [3.05, 3.63) is 47.0 Å². The second-order valence-electron chi connectivity index (χ2n) is 4.70. The van der Waals surface area contributed by atoms with Gasteiger partial charge in [0, 0.05) is 17.1 Å². The number of thiazole rings is 1. The van der Waals surface area contributed by atoms with Gasteiger partial charge in [0.1, 0.15) is 0 Å². The molecule has 6 heteroatoms. The molecule has 0 saturated heterocycles. The molecule has 2 unspecified atom stereocenters. The Hall–Kier alpha value is -1.43. The number of nitrogens with zero attached hydrogens (tertiary/aromatic N) is 1. The van der Waals surface area contributed by atoms with Crippen LogP contribution in [0.1, 0.15) is 30.3 Å². The topological polar surface area (TPSA) is 68.0 Å². The number of anilines is 1. The van der Waals surface area contributed by atoms with Crippen LogP contribution in [0.25, 0.3) is 0 Å². The summed E-state index contributed by atoms with van der Waals surface area (Å²) in [5, 5.41) is 3.47. The van der Waals surface area contributed by atoms with Crippen molar-refractivity contribution in [2.75, 3.05) is 5.32 Å². The molecule has 0 radical (unpaired) electrons. The molecule has 0 fully saturated rings. The molecule has 1 aromatic carbocycles. The summed E-state index contributed by atoms with van der Waals surface area (Å²) in [4.78, 5) is 17.5. The van der Waals surface area contributed by atoms with Gasteiger partial charge in [-0.25, -0.2) is 4.98 Å². The molecule has 2 atom stereocenters. The van der Waals surface area contributed by atoms with Crippen molar-refractivity contribution >= 4 is 34.8 Å². The molecule has 0 aliphatic carbocycles. The van der Waals surface area contributed by atoms with E-state index >= 15 is 0 Å². The molecule has 3 N–H and O–H groups in total. The van der Waals surface area contributed by atoms with E-state index in [9.17, 15) is 4.79 Å². The highest BCUT2D eigenvalue weighted by atomic mass is 35.5. The standard InChI is InChI=1S/C15H19N3OS.ClH/c1-3-12-9-17-15(20-12)18-14(19)10(2)13(16)11-7-5-4-6-8-11;/h4-10,13H,3,16H2,1-2H3,(H,17,18,19);1H. The lowest BCUT2D eigenvalue weighted by atomic mass is 9.95. The van der Waals surface area contributed by atoms with Gasteiger partial charge in [-0.2, -0.15) is 0 Å². The Labute approximate surface area is 135 Å². The molecule has 1 heterocycles. The van der Waals surface area contributed by atoms with E-state index in [-0.39, 0.29) is 30.3 Å². The number of nitrogens with two attached hydrogens (primary N) is 1. The molecule has 1 aromatic heterocycles. The summed E-state index contributed by atoms with van der Waals surface area (Å²) >= 11 is 1.50. The highest BCUT2D eigenvalue weighted by Gasteiger charge is 2.22. The van der Waals surface area contributed by atoms with Crippen LogP contribution in [0.5, 0.6) is 0 Å². The Morgan fingerprint density at radius 3 is 2.62 bits per heavy atom. The van der Waals surface area contributed by atoms with E-state index in [1.165, 1.54) is 11.3 Å².